The van der Waals surface area contributed by atoms with E-state index in [2.05, 4.69) is 21.9 Å². The van der Waals surface area contributed by atoms with E-state index in [1.807, 2.05) is 11.0 Å². The summed E-state index contributed by atoms with van der Waals surface area (Å²) in [4.78, 5) is 6.69. The molecule has 1 saturated carbocycles. The lowest BCUT2D eigenvalue weighted by Gasteiger charge is -2.46. The third-order valence-electron chi connectivity index (χ3n) is 5.23. The maximum atomic E-state index is 4.18. The summed E-state index contributed by atoms with van der Waals surface area (Å²) in [6, 6.07) is 0. The molecule has 0 spiro atoms. The number of rotatable bonds is 5. The highest BCUT2D eigenvalue weighted by molar-refractivity contribution is 4.88. The quantitative estimate of drug-likeness (QED) is 0.817. The Bertz CT molecular complexity index is 370. The smallest absolute Gasteiger partial charge is 0.137 e. The average Bonchev–Trinajstić information content (AvgIpc) is 2.96. The number of piperidine rings is 1. The zero-order valence-electron chi connectivity index (χ0n) is 12.0. The van der Waals surface area contributed by atoms with Crippen molar-refractivity contribution in [2.24, 2.45) is 17.8 Å². The molecule has 0 bridgehead atoms. The molecular formula is C15H26N4. The second-order valence-corrected chi connectivity index (χ2v) is 6.42. The Kier molecular flexibility index (Phi) is 4.16. The van der Waals surface area contributed by atoms with Crippen LogP contribution in [0, 0.1) is 17.8 Å². The van der Waals surface area contributed by atoms with E-state index >= 15 is 0 Å². The van der Waals surface area contributed by atoms with Crippen LogP contribution in [0.15, 0.2) is 12.7 Å². The van der Waals surface area contributed by atoms with Crippen molar-refractivity contribution < 1.29 is 0 Å². The zero-order chi connectivity index (χ0) is 13.1. The predicted molar refractivity (Wildman–Crippen MR) is 75.7 cm³/mol. The normalized spacial score (nSPS) is 32.2. The van der Waals surface area contributed by atoms with Crippen LogP contribution in [0.5, 0.6) is 0 Å². The van der Waals surface area contributed by atoms with Crippen molar-refractivity contribution in [3.05, 3.63) is 12.7 Å². The molecule has 4 heteroatoms. The molecule has 2 aliphatic rings. The highest BCUT2D eigenvalue weighted by Gasteiger charge is 2.37. The van der Waals surface area contributed by atoms with Crippen LogP contribution in [0.3, 0.4) is 0 Å². The molecule has 3 atom stereocenters. The van der Waals surface area contributed by atoms with Gasteiger partial charge in [-0.05, 0) is 56.5 Å². The fraction of sp³-hybridized carbons (Fsp3) is 0.867. The van der Waals surface area contributed by atoms with E-state index in [4.69, 9.17) is 0 Å². The molecule has 0 aromatic carbocycles. The van der Waals surface area contributed by atoms with Crippen LogP contribution >= 0.6 is 0 Å². The van der Waals surface area contributed by atoms with Crippen molar-refractivity contribution in [3.63, 3.8) is 0 Å². The second-order valence-electron chi connectivity index (χ2n) is 6.42. The summed E-state index contributed by atoms with van der Waals surface area (Å²) >= 11 is 0. The topological polar surface area (TPSA) is 34.0 Å². The summed E-state index contributed by atoms with van der Waals surface area (Å²) in [5.74, 6) is 2.74. The monoisotopic (exact) mass is 262 g/mol. The molecular weight excluding hydrogens is 236 g/mol. The summed E-state index contributed by atoms with van der Waals surface area (Å²) < 4.78 is 1.96. The third kappa shape index (κ3) is 3.16. The average molecular weight is 262 g/mol. The van der Waals surface area contributed by atoms with Gasteiger partial charge >= 0.3 is 0 Å². The van der Waals surface area contributed by atoms with Crippen LogP contribution in [-0.2, 0) is 6.54 Å². The first-order chi connectivity index (χ1) is 9.33. The van der Waals surface area contributed by atoms with Gasteiger partial charge in [-0.2, -0.15) is 5.10 Å². The molecule has 1 aromatic rings. The van der Waals surface area contributed by atoms with Crippen molar-refractivity contribution in [1.29, 1.82) is 0 Å². The van der Waals surface area contributed by atoms with E-state index in [1.165, 1.54) is 51.7 Å². The fourth-order valence-electron chi connectivity index (χ4n) is 3.75. The van der Waals surface area contributed by atoms with Gasteiger partial charge in [-0.1, -0.05) is 13.3 Å². The van der Waals surface area contributed by atoms with Gasteiger partial charge < -0.3 is 4.90 Å². The maximum absolute atomic E-state index is 4.18. The summed E-state index contributed by atoms with van der Waals surface area (Å²) in [7, 11) is 0. The predicted octanol–water partition coefficient (Wildman–Crippen LogP) is 2.43. The van der Waals surface area contributed by atoms with E-state index in [9.17, 15) is 0 Å². The van der Waals surface area contributed by atoms with Gasteiger partial charge in [-0.25, -0.2) is 4.98 Å². The fourth-order valence-corrected chi connectivity index (χ4v) is 3.75. The lowest BCUT2D eigenvalue weighted by atomic mass is 9.64. The van der Waals surface area contributed by atoms with Gasteiger partial charge in [0.1, 0.15) is 12.7 Å². The van der Waals surface area contributed by atoms with Gasteiger partial charge in [-0.3, -0.25) is 4.68 Å². The minimum Gasteiger partial charge on any atom is -0.303 e. The Labute approximate surface area is 116 Å². The molecule has 4 nitrogen and oxygen atoms in total. The molecule has 0 amide bonds. The minimum absolute atomic E-state index is 0.894. The van der Waals surface area contributed by atoms with Crippen molar-refractivity contribution in [2.75, 3.05) is 19.6 Å². The van der Waals surface area contributed by atoms with Crippen molar-refractivity contribution in [1.82, 2.24) is 19.7 Å². The summed E-state index contributed by atoms with van der Waals surface area (Å²) in [6.07, 6.45) is 10.4. The van der Waals surface area contributed by atoms with E-state index in [1.54, 1.807) is 6.33 Å². The van der Waals surface area contributed by atoms with Crippen LogP contribution in [0.4, 0.5) is 0 Å². The lowest BCUT2D eigenvalue weighted by molar-refractivity contribution is 0.0364. The van der Waals surface area contributed by atoms with E-state index in [0.29, 0.717) is 0 Å². The molecule has 0 N–H and O–H groups in total. The SMILES string of the molecule is C[C@H]1[C@@H](CCn2cncn2)C[C@H]1CN1CCCCC1. The van der Waals surface area contributed by atoms with Crippen LogP contribution in [0.2, 0.25) is 0 Å². The first-order valence-corrected chi connectivity index (χ1v) is 7.87. The number of aromatic nitrogens is 3. The van der Waals surface area contributed by atoms with E-state index < -0.39 is 0 Å². The number of hydrogen-bond acceptors (Lipinski definition) is 3. The maximum Gasteiger partial charge on any atom is 0.137 e. The largest absolute Gasteiger partial charge is 0.303 e. The molecule has 0 unspecified atom stereocenters. The van der Waals surface area contributed by atoms with E-state index in [-0.39, 0.29) is 0 Å². The first-order valence-electron chi connectivity index (χ1n) is 7.87. The van der Waals surface area contributed by atoms with Crippen molar-refractivity contribution in [3.8, 4) is 0 Å². The first kappa shape index (κ1) is 13.1. The molecule has 1 aliphatic heterocycles. The van der Waals surface area contributed by atoms with Crippen LogP contribution in [-0.4, -0.2) is 39.3 Å². The van der Waals surface area contributed by atoms with Gasteiger partial charge in [0.25, 0.3) is 0 Å². The molecule has 2 heterocycles. The Morgan fingerprint density at radius 1 is 1.16 bits per heavy atom. The highest BCUT2D eigenvalue weighted by Crippen LogP contribution is 2.43. The lowest BCUT2D eigenvalue weighted by Crippen LogP contribution is -2.44. The molecule has 0 radical (unpaired) electrons. The molecule has 2 fully saturated rings. The van der Waals surface area contributed by atoms with Gasteiger partial charge in [-0.15, -0.1) is 0 Å². The second kappa shape index (κ2) is 6.04. The van der Waals surface area contributed by atoms with Gasteiger partial charge in [0.15, 0.2) is 0 Å². The Balaban J connectivity index is 1.38. The van der Waals surface area contributed by atoms with Crippen LogP contribution in [0.1, 0.15) is 39.0 Å². The van der Waals surface area contributed by atoms with Crippen molar-refractivity contribution in [2.45, 2.75) is 45.6 Å². The summed E-state index contributed by atoms with van der Waals surface area (Å²) in [6.45, 7) is 7.51. The van der Waals surface area contributed by atoms with Crippen molar-refractivity contribution >= 4 is 0 Å². The standard InChI is InChI=1S/C15H26N4/c1-13-14(5-8-19-12-16-11-17-19)9-15(13)10-18-6-3-2-4-7-18/h11-15H,2-10H2,1H3/t13-,14-,15-/m0/s1. The van der Waals surface area contributed by atoms with Crippen LogP contribution < -0.4 is 0 Å². The van der Waals surface area contributed by atoms with Gasteiger partial charge in [0.05, 0.1) is 0 Å². The molecule has 1 saturated heterocycles. The molecule has 1 aromatic heterocycles. The number of likely N-dealkylation sites (tertiary alicyclic amines) is 1. The number of aryl methyl sites for hydroxylation is 1. The highest BCUT2D eigenvalue weighted by atomic mass is 15.3. The summed E-state index contributed by atoms with van der Waals surface area (Å²) in [5, 5.41) is 4.18. The minimum atomic E-state index is 0.894. The van der Waals surface area contributed by atoms with E-state index in [0.717, 1.165) is 24.3 Å². The zero-order valence-corrected chi connectivity index (χ0v) is 12.0. The molecule has 1 aliphatic carbocycles. The molecule has 106 valence electrons. The van der Waals surface area contributed by atoms with Gasteiger partial charge in [0.2, 0.25) is 0 Å². The number of hydrogen-bond donors (Lipinski definition) is 0. The Morgan fingerprint density at radius 2 is 2.00 bits per heavy atom. The third-order valence-corrected chi connectivity index (χ3v) is 5.23. The van der Waals surface area contributed by atoms with Gasteiger partial charge in [0, 0.05) is 13.1 Å². The number of nitrogens with zero attached hydrogens (tertiary/aromatic N) is 4. The molecule has 19 heavy (non-hydrogen) atoms. The van der Waals surface area contributed by atoms with Crippen LogP contribution in [0.25, 0.3) is 0 Å². The Morgan fingerprint density at radius 3 is 2.68 bits per heavy atom. The summed E-state index contributed by atoms with van der Waals surface area (Å²) in [5.41, 5.74) is 0. The molecule has 3 rings (SSSR count). The Hall–Kier alpha value is -0.900.